The summed E-state index contributed by atoms with van der Waals surface area (Å²) in [6.45, 7) is -0.360. The smallest absolute Gasteiger partial charge is 0.280 e. The fourth-order valence-corrected chi connectivity index (χ4v) is 5.63. The average Bonchev–Trinajstić information content (AvgIpc) is 3.47. The van der Waals surface area contributed by atoms with Crippen LogP contribution in [0.1, 0.15) is 39.7 Å². The maximum absolute atomic E-state index is 13.4. The molecule has 0 spiro atoms. The maximum Gasteiger partial charge on any atom is 0.280 e. The summed E-state index contributed by atoms with van der Waals surface area (Å²) in [4.78, 5) is 37.2. The van der Waals surface area contributed by atoms with Gasteiger partial charge in [-0.15, -0.1) is 0 Å². The van der Waals surface area contributed by atoms with Gasteiger partial charge in [0.15, 0.2) is 16.9 Å². The number of aliphatic hydroxyl groups is 2. The van der Waals surface area contributed by atoms with Gasteiger partial charge in [-0.3, -0.25) is 19.1 Å². The van der Waals surface area contributed by atoms with Crippen LogP contribution in [-0.4, -0.2) is 54.3 Å². The Morgan fingerprint density at radius 1 is 1.10 bits per heavy atom. The van der Waals surface area contributed by atoms with E-state index in [1.54, 1.807) is 4.57 Å². The average molecular weight is 525 g/mol. The summed E-state index contributed by atoms with van der Waals surface area (Å²) in [7, 11) is 0. The Morgan fingerprint density at radius 2 is 1.95 bits per heavy atom. The number of nitrogen functional groups attached to an aromatic ring is 1. The molecule has 11 nitrogen and oxygen atoms in total. The molecule has 0 amide bonds. The fraction of sp³-hybridized carbons (Fsp3) is 0.214. The number of hydrogen-bond donors (Lipinski definition) is 5. The number of nitrogens with zero attached hydrogens (tertiary/aromatic N) is 3. The molecule has 3 atom stereocenters. The number of ether oxygens (including phenoxy) is 1. The van der Waals surface area contributed by atoms with Gasteiger partial charge < -0.3 is 26.0 Å². The number of anilines is 3. The number of imidazole rings is 1. The number of aliphatic hydroxyl groups excluding tert-OH is 2. The third-order valence-electron chi connectivity index (χ3n) is 7.47. The van der Waals surface area contributed by atoms with Crippen molar-refractivity contribution in [1.82, 2.24) is 19.5 Å². The predicted octanol–water partition coefficient (Wildman–Crippen LogP) is 2.37. The Morgan fingerprint density at radius 3 is 2.77 bits per heavy atom. The summed E-state index contributed by atoms with van der Waals surface area (Å²) in [6.07, 6.45) is -1.58. The van der Waals surface area contributed by atoms with Crippen LogP contribution in [0.25, 0.3) is 21.9 Å². The first kappa shape index (κ1) is 23.5. The summed E-state index contributed by atoms with van der Waals surface area (Å²) >= 11 is 0. The van der Waals surface area contributed by atoms with E-state index in [9.17, 15) is 19.8 Å². The van der Waals surface area contributed by atoms with E-state index in [0.29, 0.717) is 17.7 Å². The second kappa shape index (κ2) is 8.73. The number of hydrogen-bond acceptors (Lipinski definition) is 9. The maximum atomic E-state index is 13.4. The first-order chi connectivity index (χ1) is 18.9. The highest BCUT2D eigenvalue weighted by molar-refractivity contribution is 6.19. The van der Waals surface area contributed by atoms with Crippen LogP contribution in [0, 0.1) is 0 Å². The summed E-state index contributed by atoms with van der Waals surface area (Å²) in [5.74, 6) is 0.184. The Balaban J connectivity index is 1.31. The molecule has 2 aromatic heterocycles. The van der Waals surface area contributed by atoms with E-state index in [1.165, 1.54) is 0 Å². The topological polar surface area (TPSA) is 168 Å². The molecule has 5 aromatic rings. The van der Waals surface area contributed by atoms with Crippen molar-refractivity contribution in [2.45, 2.75) is 31.3 Å². The molecule has 0 unspecified atom stereocenters. The van der Waals surface area contributed by atoms with Crippen molar-refractivity contribution in [2.75, 3.05) is 17.7 Å². The van der Waals surface area contributed by atoms with Crippen molar-refractivity contribution in [1.29, 1.82) is 0 Å². The molecule has 1 fully saturated rings. The molecule has 1 aliphatic heterocycles. The van der Waals surface area contributed by atoms with Crippen molar-refractivity contribution >= 4 is 45.3 Å². The van der Waals surface area contributed by atoms with Crippen LogP contribution in [0.4, 0.5) is 17.6 Å². The number of nitrogens with two attached hydrogens (primary N) is 1. The number of benzene rings is 3. The molecule has 2 aliphatic rings. The number of fused-ring (bicyclic) bond motifs is 5. The van der Waals surface area contributed by atoms with E-state index in [4.69, 9.17) is 10.5 Å². The number of H-pyrrole nitrogens is 1. The van der Waals surface area contributed by atoms with Gasteiger partial charge in [-0.25, -0.2) is 4.98 Å². The number of ketones is 1. The molecule has 0 saturated carbocycles. The monoisotopic (exact) mass is 524 g/mol. The highest BCUT2D eigenvalue weighted by Crippen LogP contribution is 2.36. The number of carbonyl (C=O) groups excluding carboxylic acids is 1. The largest absolute Gasteiger partial charge is 0.394 e. The Hall–Kier alpha value is -4.58. The number of carbonyl (C=O) groups is 1. The summed E-state index contributed by atoms with van der Waals surface area (Å²) in [5, 5.41) is 24.9. The van der Waals surface area contributed by atoms with Crippen molar-refractivity contribution in [3.63, 3.8) is 0 Å². The van der Waals surface area contributed by atoms with Gasteiger partial charge >= 0.3 is 0 Å². The van der Waals surface area contributed by atoms with Crippen LogP contribution in [0.2, 0.25) is 0 Å². The zero-order valence-electron chi connectivity index (χ0n) is 20.6. The summed E-state index contributed by atoms with van der Waals surface area (Å²) < 4.78 is 7.43. The van der Waals surface area contributed by atoms with Crippen molar-refractivity contribution < 1.29 is 19.7 Å². The molecule has 11 heteroatoms. The van der Waals surface area contributed by atoms with E-state index < -0.39 is 24.0 Å². The molecule has 3 aromatic carbocycles. The third-order valence-corrected chi connectivity index (χ3v) is 7.47. The van der Waals surface area contributed by atoms with E-state index in [1.807, 2.05) is 54.6 Å². The lowest BCUT2D eigenvalue weighted by Gasteiger charge is -2.20. The third kappa shape index (κ3) is 3.70. The summed E-state index contributed by atoms with van der Waals surface area (Å²) in [6, 6.07) is 17.3. The van der Waals surface area contributed by atoms with E-state index in [2.05, 4.69) is 20.3 Å². The van der Waals surface area contributed by atoms with Crippen molar-refractivity contribution in [2.24, 2.45) is 0 Å². The lowest BCUT2D eigenvalue weighted by atomic mass is 9.82. The van der Waals surface area contributed by atoms with Gasteiger partial charge in [-0.2, -0.15) is 4.98 Å². The Kier molecular flexibility index (Phi) is 5.27. The van der Waals surface area contributed by atoms with Crippen LogP contribution >= 0.6 is 0 Å². The normalized spacial score (nSPS) is 20.4. The van der Waals surface area contributed by atoms with Gasteiger partial charge in [0.05, 0.1) is 12.7 Å². The SMILES string of the molecule is Nc1nc2c(nc(Nc3ccc4c5c(ccc4c3)Cc3ccccc3C5=O)n2[C@H]2C[C@H](O)[C@@H](CO)O2)c(=O)[nH]1. The number of nitrogens with one attached hydrogen (secondary N) is 2. The molecule has 7 rings (SSSR count). The standard InChI is InChI=1S/C28H24N6O5/c29-27-32-25-23(26(38)33-27)31-28(34(25)21-11-19(36)20(12-35)39-21)30-16-7-8-17-14(10-16)5-6-15-9-13-3-1-2-4-18(13)24(37)22(15)17/h1-8,10,19-21,35-36H,9,11-12H2,(H,30,31)(H3,29,32,33,38)/t19-,20+,21+/m0/s1. The zero-order valence-corrected chi connectivity index (χ0v) is 20.6. The van der Waals surface area contributed by atoms with Gasteiger partial charge in [0.1, 0.15) is 12.3 Å². The Bertz CT molecular complexity index is 1860. The lowest BCUT2D eigenvalue weighted by Crippen LogP contribution is -2.24. The molecule has 196 valence electrons. The molecule has 0 radical (unpaired) electrons. The molecule has 6 N–H and O–H groups in total. The Labute approximate surface area is 220 Å². The van der Waals surface area contributed by atoms with Crippen molar-refractivity contribution in [3.05, 3.63) is 87.2 Å². The van der Waals surface area contributed by atoms with E-state index in [0.717, 1.165) is 27.5 Å². The van der Waals surface area contributed by atoms with Crippen LogP contribution in [0.3, 0.4) is 0 Å². The van der Waals surface area contributed by atoms with Gasteiger partial charge in [-0.1, -0.05) is 42.5 Å². The van der Waals surface area contributed by atoms with E-state index in [-0.39, 0.29) is 41.9 Å². The van der Waals surface area contributed by atoms with Gasteiger partial charge in [0, 0.05) is 23.2 Å². The second-order valence-corrected chi connectivity index (χ2v) is 9.87. The van der Waals surface area contributed by atoms with Crippen LogP contribution in [0.15, 0.2) is 59.4 Å². The van der Waals surface area contributed by atoms with Gasteiger partial charge in [0.2, 0.25) is 11.9 Å². The number of rotatable bonds is 4. The minimum Gasteiger partial charge on any atom is -0.394 e. The molecule has 0 bridgehead atoms. The molecular formula is C28H24N6O5. The molecule has 1 saturated heterocycles. The van der Waals surface area contributed by atoms with Crippen LogP contribution in [0.5, 0.6) is 0 Å². The minimum absolute atomic E-state index is 0.0122. The summed E-state index contributed by atoms with van der Waals surface area (Å²) in [5.41, 5.74) is 9.65. The van der Waals surface area contributed by atoms with Gasteiger partial charge in [0.25, 0.3) is 5.56 Å². The molecule has 3 heterocycles. The highest BCUT2D eigenvalue weighted by Gasteiger charge is 2.37. The lowest BCUT2D eigenvalue weighted by molar-refractivity contribution is -0.0425. The second-order valence-electron chi connectivity index (χ2n) is 9.87. The molecule has 39 heavy (non-hydrogen) atoms. The highest BCUT2D eigenvalue weighted by atomic mass is 16.5. The number of aromatic nitrogens is 4. The fourth-order valence-electron chi connectivity index (χ4n) is 5.63. The van der Waals surface area contributed by atoms with Gasteiger partial charge in [-0.05, 0) is 40.5 Å². The quantitative estimate of drug-likeness (QED) is 0.232. The first-order valence-electron chi connectivity index (χ1n) is 12.6. The van der Waals surface area contributed by atoms with Crippen LogP contribution < -0.4 is 16.6 Å². The molecular weight excluding hydrogens is 500 g/mol. The number of aromatic amines is 1. The zero-order chi connectivity index (χ0) is 26.8. The van der Waals surface area contributed by atoms with Crippen LogP contribution in [-0.2, 0) is 11.2 Å². The van der Waals surface area contributed by atoms with Crippen molar-refractivity contribution in [3.8, 4) is 0 Å². The van der Waals surface area contributed by atoms with E-state index >= 15 is 0 Å². The minimum atomic E-state index is -0.904. The predicted molar refractivity (Wildman–Crippen MR) is 144 cm³/mol. The first-order valence-corrected chi connectivity index (χ1v) is 12.6. The molecule has 1 aliphatic carbocycles.